The third kappa shape index (κ3) is 5.41. The van der Waals surface area contributed by atoms with E-state index in [1.54, 1.807) is 4.90 Å². The van der Waals surface area contributed by atoms with Crippen molar-refractivity contribution in [2.75, 3.05) is 23.3 Å². The van der Waals surface area contributed by atoms with Crippen LogP contribution in [0.2, 0.25) is 0 Å². The van der Waals surface area contributed by atoms with Crippen molar-refractivity contribution in [3.63, 3.8) is 0 Å². The highest BCUT2D eigenvalue weighted by molar-refractivity contribution is 7.14. The van der Waals surface area contributed by atoms with E-state index in [4.69, 9.17) is 5.11 Å². The Morgan fingerprint density at radius 1 is 1.29 bits per heavy atom. The number of rotatable bonds is 5. The first-order valence-corrected chi connectivity index (χ1v) is 12.1. The summed E-state index contributed by atoms with van der Waals surface area (Å²) in [5.74, 6) is -1.30. The lowest BCUT2D eigenvalue weighted by atomic mass is 9.93. The largest absolute Gasteiger partial charge is 0.478 e. The summed E-state index contributed by atoms with van der Waals surface area (Å²) < 4.78 is 1.27. The number of hydrogen-bond donors (Lipinski definition) is 3. The second kappa shape index (κ2) is 9.59. The predicted octanol–water partition coefficient (Wildman–Crippen LogP) is 2.76. The fraction of sp³-hybridized carbons (Fsp3) is 0.375. The van der Waals surface area contributed by atoms with Crippen LogP contribution in [-0.2, 0) is 10.2 Å². The summed E-state index contributed by atoms with van der Waals surface area (Å²) in [6, 6.07) is 3.00. The van der Waals surface area contributed by atoms with Gasteiger partial charge < -0.3 is 15.1 Å². The quantitative estimate of drug-likeness (QED) is 0.458. The van der Waals surface area contributed by atoms with Gasteiger partial charge in [0, 0.05) is 41.7 Å². The number of thiazole rings is 1. The molecule has 35 heavy (non-hydrogen) atoms. The van der Waals surface area contributed by atoms with Gasteiger partial charge >= 0.3 is 5.97 Å². The summed E-state index contributed by atoms with van der Waals surface area (Å²) in [7, 11) is 0. The Hall–Kier alpha value is -3.57. The number of piperidine rings is 1. The number of aliphatic hydroxyl groups is 1. The van der Waals surface area contributed by atoms with Gasteiger partial charge in [0.05, 0.1) is 17.4 Å². The molecule has 4 rings (SSSR count). The van der Waals surface area contributed by atoms with Crippen LogP contribution in [0, 0.1) is 0 Å². The molecule has 4 heterocycles. The topological polar surface area (TPSA) is 137 Å². The molecule has 0 aliphatic carbocycles. The van der Waals surface area contributed by atoms with Crippen molar-refractivity contribution in [3.05, 3.63) is 57.0 Å². The minimum Gasteiger partial charge on any atom is -0.478 e. The second-order valence-corrected chi connectivity index (χ2v) is 10.3. The number of pyridine rings is 1. The highest BCUT2D eigenvalue weighted by Gasteiger charge is 2.24. The number of carbonyl (C=O) groups is 2. The Morgan fingerprint density at radius 2 is 2.06 bits per heavy atom. The fourth-order valence-electron chi connectivity index (χ4n) is 3.81. The first-order valence-electron chi connectivity index (χ1n) is 11.2. The highest BCUT2D eigenvalue weighted by atomic mass is 32.1. The number of aliphatic carboxylic acids is 1. The number of carboxylic acids is 1. The van der Waals surface area contributed by atoms with E-state index in [2.05, 4.69) is 15.3 Å². The second-order valence-electron chi connectivity index (χ2n) is 9.45. The van der Waals surface area contributed by atoms with Crippen molar-refractivity contribution in [1.29, 1.82) is 0 Å². The number of fused-ring (bicyclic) bond motifs is 1. The Bertz CT molecular complexity index is 1370. The molecule has 0 saturated carbocycles. The molecule has 184 valence electrons. The monoisotopic (exact) mass is 497 g/mol. The zero-order valence-corrected chi connectivity index (χ0v) is 20.5. The number of β-amino-alcohol motifs (C(OH)–C–C–N with tert-alkyl or cyclic N) is 1. The SMILES string of the molecule is CC(C)(C)c1csc(NC(=O)c2ccn3c(=O)c(C=CC(=O)O)c(N4CCC[C@H](O)C4)nc3c2)n1. The molecular weight excluding hydrogens is 470 g/mol. The Labute approximate surface area is 205 Å². The van der Waals surface area contributed by atoms with Crippen molar-refractivity contribution in [1.82, 2.24) is 14.4 Å². The zero-order chi connectivity index (χ0) is 25.3. The number of aliphatic hydroxyl groups excluding tert-OH is 1. The van der Waals surface area contributed by atoms with Gasteiger partial charge in [-0.1, -0.05) is 20.8 Å². The third-order valence-electron chi connectivity index (χ3n) is 5.69. The molecule has 3 N–H and O–H groups in total. The molecule has 0 aromatic carbocycles. The van der Waals surface area contributed by atoms with Gasteiger partial charge in [0.2, 0.25) is 0 Å². The van der Waals surface area contributed by atoms with Gasteiger partial charge in [-0.3, -0.25) is 19.3 Å². The number of carbonyl (C=O) groups excluding carboxylic acids is 1. The number of anilines is 2. The lowest BCUT2D eigenvalue weighted by molar-refractivity contribution is -0.131. The van der Waals surface area contributed by atoms with Crippen LogP contribution in [-0.4, -0.2) is 55.7 Å². The molecule has 0 unspecified atom stereocenters. The van der Waals surface area contributed by atoms with Crippen LogP contribution in [0.15, 0.2) is 34.6 Å². The van der Waals surface area contributed by atoms with E-state index in [0.29, 0.717) is 30.1 Å². The predicted molar refractivity (Wildman–Crippen MR) is 134 cm³/mol. The van der Waals surface area contributed by atoms with Crippen LogP contribution in [0.5, 0.6) is 0 Å². The Morgan fingerprint density at radius 3 is 2.71 bits per heavy atom. The molecule has 3 aromatic heterocycles. The van der Waals surface area contributed by atoms with Crippen LogP contribution in [0.25, 0.3) is 11.7 Å². The summed E-state index contributed by atoms with van der Waals surface area (Å²) in [6.07, 6.45) is 4.31. The summed E-state index contributed by atoms with van der Waals surface area (Å²) >= 11 is 1.34. The summed E-state index contributed by atoms with van der Waals surface area (Å²) in [5, 5.41) is 24.4. The molecule has 3 aromatic rings. The summed E-state index contributed by atoms with van der Waals surface area (Å²) in [5.41, 5.74) is 0.902. The summed E-state index contributed by atoms with van der Waals surface area (Å²) in [4.78, 5) is 48.1. The van der Waals surface area contributed by atoms with Crippen molar-refractivity contribution in [2.45, 2.75) is 45.1 Å². The van der Waals surface area contributed by atoms with E-state index in [-0.39, 0.29) is 34.9 Å². The van der Waals surface area contributed by atoms with E-state index in [0.717, 1.165) is 11.8 Å². The standard InChI is InChI=1S/C24H27N5O5S/c1-24(2,3)17-13-35-23(25-17)27-21(33)14-8-10-29-18(11-14)26-20(28-9-4-5-15(30)12-28)16(22(29)34)6-7-19(31)32/h6-8,10-11,13,15,30H,4-5,9,12H2,1-3H3,(H,31,32)(H,25,27,33)/t15-/m0/s1. The number of nitrogens with one attached hydrogen (secondary N) is 1. The number of carboxylic acid groups (broad SMARTS) is 1. The van der Waals surface area contributed by atoms with Gasteiger partial charge in [-0.05, 0) is 31.1 Å². The number of aromatic nitrogens is 3. The maximum atomic E-state index is 13.2. The number of hydrogen-bond acceptors (Lipinski definition) is 8. The van der Waals surface area contributed by atoms with Crippen molar-refractivity contribution in [2.24, 2.45) is 0 Å². The number of nitrogens with zero attached hydrogens (tertiary/aromatic N) is 4. The number of amides is 1. The van der Waals surface area contributed by atoms with Crippen LogP contribution in [0.4, 0.5) is 10.9 Å². The van der Waals surface area contributed by atoms with Crippen LogP contribution in [0.3, 0.4) is 0 Å². The zero-order valence-electron chi connectivity index (χ0n) is 19.7. The lowest BCUT2D eigenvalue weighted by Crippen LogP contribution is -2.40. The average Bonchev–Trinajstić information content (AvgIpc) is 3.27. The van der Waals surface area contributed by atoms with E-state index >= 15 is 0 Å². The average molecular weight is 498 g/mol. The lowest BCUT2D eigenvalue weighted by Gasteiger charge is -2.32. The smallest absolute Gasteiger partial charge is 0.328 e. The molecule has 11 heteroatoms. The van der Waals surface area contributed by atoms with Crippen LogP contribution < -0.4 is 15.8 Å². The normalized spacial score (nSPS) is 16.7. The maximum absolute atomic E-state index is 13.2. The van der Waals surface area contributed by atoms with Gasteiger partial charge in [-0.15, -0.1) is 11.3 Å². The van der Waals surface area contributed by atoms with Gasteiger partial charge in [0.25, 0.3) is 11.5 Å². The molecular formula is C24H27N5O5S. The van der Waals surface area contributed by atoms with Gasteiger partial charge in [-0.2, -0.15) is 0 Å². The van der Waals surface area contributed by atoms with Crippen LogP contribution >= 0.6 is 11.3 Å². The Kier molecular flexibility index (Phi) is 6.73. The minimum atomic E-state index is -1.19. The van der Waals surface area contributed by atoms with E-state index in [1.165, 1.54) is 40.1 Å². The summed E-state index contributed by atoms with van der Waals surface area (Å²) in [6.45, 7) is 6.96. The minimum absolute atomic E-state index is 0.105. The molecule has 1 aliphatic heterocycles. The van der Waals surface area contributed by atoms with Gasteiger partial charge in [-0.25, -0.2) is 14.8 Å². The van der Waals surface area contributed by atoms with Crippen molar-refractivity contribution in [3.8, 4) is 0 Å². The fourth-order valence-corrected chi connectivity index (χ4v) is 4.75. The molecule has 1 atom stereocenters. The maximum Gasteiger partial charge on any atom is 0.328 e. The molecule has 1 aliphatic rings. The molecule has 10 nitrogen and oxygen atoms in total. The third-order valence-corrected chi connectivity index (χ3v) is 6.45. The van der Waals surface area contributed by atoms with Gasteiger partial charge in [0.1, 0.15) is 11.5 Å². The molecule has 1 amide bonds. The van der Waals surface area contributed by atoms with Crippen molar-refractivity contribution >= 4 is 45.9 Å². The highest BCUT2D eigenvalue weighted by Crippen LogP contribution is 2.27. The molecule has 0 bridgehead atoms. The first-order chi connectivity index (χ1) is 16.5. The Balaban J connectivity index is 1.72. The van der Waals surface area contributed by atoms with Crippen LogP contribution in [0.1, 0.15) is 55.2 Å². The van der Waals surface area contributed by atoms with E-state index < -0.39 is 17.6 Å². The molecule has 1 saturated heterocycles. The van der Waals surface area contributed by atoms with E-state index in [9.17, 15) is 19.5 Å². The van der Waals surface area contributed by atoms with Crippen molar-refractivity contribution < 1.29 is 19.8 Å². The van der Waals surface area contributed by atoms with E-state index in [1.807, 2.05) is 26.2 Å². The molecule has 0 spiro atoms. The molecule has 0 radical (unpaired) electrons. The molecule has 1 fully saturated rings. The van der Waals surface area contributed by atoms with Gasteiger partial charge in [0.15, 0.2) is 5.13 Å². The first kappa shape index (κ1) is 24.6.